The highest BCUT2D eigenvalue weighted by Crippen LogP contribution is 2.33. The lowest BCUT2D eigenvalue weighted by atomic mass is 10.2. The summed E-state index contributed by atoms with van der Waals surface area (Å²) in [6.07, 6.45) is 7.59. The number of nitrogens with two attached hydrogens (primary N) is 1. The molecule has 1 aliphatic carbocycles. The van der Waals surface area contributed by atoms with Crippen molar-refractivity contribution in [2.45, 2.75) is 38.8 Å². The van der Waals surface area contributed by atoms with Crippen LogP contribution in [0.1, 0.15) is 31.7 Å². The lowest BCUT2D eigenvalue weighted by Gasteiger charge is -2.25. The third-order valence-electron chi connectivity index (χ3n) is 2.87. The Morgan fingerprint density at radius 2 is 2.33 bits per heavy atom. The molecule has 0 aliphatic heterocycles. The molecule has 0 unspecified atom stereocenters. The van der Waals surface area contributed by atoms with E-state index >= 15 is 0 Å². The molecule has 3 heteroatoms. The van der Waals surface area contributed by atoms with Crippen LogP contribution in [0.2, 0.25) is 0 Å². The number of nitrogens with zero attached hydrogens (tertiary/aromatic N) is 2. The van der Waals surface area contributed by atoms with Crippen LogP contribution in [-0.4, -0.2) is 17.6 Å². The molecular formula is C12H19N3. The van der Waals surface area contributed by atoms with Gasteiger partial charge in [-0.15, -0.1) is 0 Å². The molecule has 2 N–H and O–H groups in total. The fourth-order valence-corrected chi connectivity index (χ4v) is 1.97. The maximum atomic E-state index is 5.75. The van der Waals surface area contributed by atoms with E-state index in [0.717, 1.165) is 12.6 Å². The van der Waals surface area contributed by atoms with Crippen molar-refractivity contribution < 1.29 is 0 Å². The number of hydrogen-bond donors (Lipinski definition) is 1. The zero-order valence-corrected chi connectivity index (χ0v) is 9.32. The summed E-state index contributed by atoms with van der Waals surface area (Å²) in [6, 6.07) is 2.76. The summed E-state index contributed by atoms with van der Waals surface area (Å²) < 4.78 is 0. The summed E-state index contributed by atoms with van der Waals surface area (Å²) in [5.41, 5.74) is 8.20. The molecule has 0 bridgehead atoms. The lowest BCUT2D eigenvalue weighted by Crippen LogP contribution is -2.28. The van der Waals surface area contributed by atoms with E-state index in [1.807, 2.05) is 18.5 Å². The van der Waals surface area contributed by atoms with Crippen LogP contribution >= 0.6 is 0 Å². The van der Waals surface area contributed by atoms with Gasteiger partial charge < -0.3 is 10.6 Å². The summed E-state index contributed by atoms with van der Waals surface area (Å²) >= 11 is 0. The van der Waals surface area contributed by atoms with Gasteiger partial charge in [0.15, 0.2) is 0 Å². The average Bonchev–Trinajstić information content (AvgIpc) is 3.10. The largest absolute Gasteiger partial charge is 0.367 e. The molecule has 82 valence electrons. The molecule has 3 nitrogen and oxygen atoms in total. The van der Waals surface area contributed by atoms with Gasteiger partial charge in [-0.25, -0.2) is 0 Å². The van der Waals surface area contributed by atoms with Crippen LogP contribution < -0.4 is 10.6 Å². The number of rotatable bonds is 5. The van der Waals surface area contributed by atoms with Crippen molar-refractivity contribution in [3.63, 3.8) is 0 Å². The molecule has 0 spiro atoms. The Labute approximate surface area is 91.3 Å². The molecule has 1 aromatic heterocycles. The predicted octanol–water partition coefficient (Wildman–Crippen LogP) is 1.92. The maximum absolute atomic E-state index is 5.75. The summed E-state index contributed by atoms with van der Waals surface area (Å²) in [5, 5.41) is 0. The van der Waals surface area contributed by atoms with Gasteiger partial charge in [-0.3, -0.25) is 4.98 Å². The third kappa shape index (κ3) is 2.29. The zero-order chi connectivity index (χ0) is 10.7. The molecule has 2 rings (SSSR count). The molecular weight excluding hydrogens is 186 g/mol. The molecule has 1 heterocycles. The van der Waals surface area contributed by atoms with Crippen LogP contribution in [-0.2, 0) is 6.54 Å². The Hall–Kier alpha value is -1.09. The highest BCUT2D eigenvalue weighted by Gasteiger charge is 2.29. The molecule has 0 atom stereocenters. The van der Waals surface area contributed by atoms with Crippen LogP contribution in [0.25, 0.3) is 0 Å². The summed E-state index contributed by atoms with van der Waals surface area (Å²) in [7, 11) is 0. The Morgan fingerprint density at radius 1 is 1.53 bits per heavy atom. The highest BCUT2D eigenvalue weighted by atomic mass is 15.2. The second-order valence-corrected chi connectivity index (χ2v) is 4.13. The number of anilines is 1. The van der Waals surface area contributed by atoms with Gasteiger partial charge in [-0.1, -0.05) is 6.92 Å². The molecule has 1 saturated carbocycles. The first-order valence-corrected chi connectivity index (χ1v) is 5.76. The molecule has 1 fully saturated rings. The van der Waals surface area contributed by atoms with Gasteiger partial charge in [0.2, 0.25) is 0 Å². The normalized spacial score (nSPS) is 15.3. The molecule has 0 saturated heterocycles. The van der Waals surface area contributed by atoms with E-state index in [1.54, 1.807) is 0 Å². The smallest absolute Gasteiger partial charge is 0.0600 e. The quantitative estimate of drug-likeness (QED) is 0.798. The maximum Gasteiger partial charge on any atom is 0.0600 e. The second kappa shape index (κ2) is 4.62. The summed E-state index contributed by atoms with van der Waals surface area (Å²) in [4.78, 5) is 6.68. The highest BCUT2D eigenvalue weighted by molar-refractivity contribution is 5.53. The Balaban J connectivity index is 2.23. The zero-order valence-electron chi connectivity index (χ0n) is 9.32. The van der Waals surface area contributed by atoms with Crippen molar-refractivity contribution in [1.29, 1.82) is 0 Å². The number of pyridine rings is 1. The first-order chi connectivity index (χ1) is 7.36. The Morgan fingerprint density at radius 3 is 2.93 bits per heavy atom. The minimum absolute atomic E-state index is 0.602. The topological polar surface area (TPSA) is 42.2 Å². The van der Waals surface area contributed by atoms with Crippen molar-refractivity contribution in [1.82, 2.24) is 4.98 Å². The van der Waals surface area contributed by atoms with Gasteiger partial charge in [-0.05, 0) is 30.9 Å². The van der Waals surface area contributed by atoms with Crippen LogP contribution in [0.4, 0.5) is 5.69 Å². The van der Waals surface area contributed by atoms with Crippen LogP contribution in [0, 0.1) is 0 Å². The van der Waals surface area contributed by atoms with E-state index in [4.69, 9.17) is 5.73 Å². The van der Waals surface area contributed by atoms with E-state index in [0.29, 0.717) is 6.54 Å². The van der Waals surface area contributed by atoms with Gasteiger partial charge in [0.1, 0.15) is 0 Å². The van der Waals surface area contributed by atoms with Crippen molar-refractivity contribution in [3.05, 3.63) is 24.0 Å². The molecule has 1 aliphatic rings. The van der Waals surface area contributed by atoms with E-state index in [9.17, 15) is 0 Å². The Kier molecular flexibility index (Phi) is 3.21. The van der Waals surface area contributed by atoms with Crippen molar-refractivity contribution in [3.8, 4) is 0 Å². The summed E-state index contributed by atoms with van der Waals surface area (Å²) in [5.74, 6) is 0. The fraction of sp³-hybridized carbons (Fsp3) is 0.583. The van der Waals surface area contributed by atoms with Gasteiger partial charge in [0, 0.05) is 25.3 Å². The molecule has 1 aromatic rings. The van der Waals surface area contributed by atoms with E-state index in [2.05, 4.69) is 16.8 Å². The average molecular weight is 205 g/mol. The first kappa shape index (κ1) is 10.4. The van der Waals surface area contributed by atoms with E-state index in [-0.39, 0.29) is 0 Å². The monoisotopic (exact) mass is 205 g/mol. The molecule has 0 aromatic carbocycles. The summed E-state index contributed by atoms with van der Waals surface area (Å²) in [6.45, 7) is 3.93. The standard InChI is InChI=1S/C12H19N3/c1-2-7-15(11-3-4-11)12-9-14-6-5-10(12)8-13/h5-6,9,11H,2-4,7-8,13H2,1H3. The predicted molar refractivity (Wildman–Crippen MR) is 62.8 cm³/mol. The third-order valence-corrected chi connectivity index (χ3v) is 2.87. The molecule has 0 radical (unpaired) electrons. The SMILES string of the molecule is CCCN(c1cnccc1CN)C1CC1. The van der Waals surface area contributed by atoms with Crippen LogP contribution in [0.3, 0.4) is 0 Å². The molecule has 0 amide bonds. The molecule has 15 heavy (non-hydrogen) atoms. The van der Waals surface area contributed by atoms with Gasteiger partial charge >= 0.3 is 0 Å². The lowest BCUT2D eigenvalue weighted by molar-refractivity contribution is 0.754. The van der Waals surface area contributed by atoms with Crippen LogP contribution in [0.5, 0.6) is 0 Å². The number of hydrogen-bond acceptors (Lipinski definition) is 3. The van der Waals surface area contributed by atoms with Crippen molar-refractivity contribution in [2.75, 3.05) is 11.4 Å². The Bertz CT molecular complexity index is 320. The fourth-order valence-electron chi connectivity index (χ4n) is 1.97. The van der Waals surface area contributed by atoms with Gasteiger partial charge in [0.05, 0.1) is 11.9 Å². The van der Waals surface area contributed by atoms with E-state index < -0.39 is 0 Å². The van der Waals surface area contributed by atoms with Crippen LogP contribution in [0.15, 0.2) is 18.5 Å². The van der Waals surface area contributed by atoms with Crippen molar-refractivity contribution >= 4 is 5.69 Å². The van der Waals surface area contributed by atoms with E-state index in [1.165, 1.54) is 30.5 Å². The minimum Gasteiger partial charge on any atom is -0.367 e. The van der Waals surface area contributed by atoms with Crippen molar-refractivity contribution in [2.24, 2.45) is 5.73 Å². The minimum atomic E-state index is 0.602. The van der Waals surface area contributed by atoms with Gasteiger partial charge in [-0.2, -0.15) is 0 Å². The second-order valence-electron chi connectivity index (χ2n) is 4.13. The first-order valence-electron chi connectivity index (χ1n) is 5.76. The van der Waals surface area contributed by atoms with Gasteiger partial charge in [0.25, 0.3) is 0 Å². The number of aromatic nitrogens is 1.